The van der Waals surface area contributed by atoms with Gasteiger partial charge in [0, 0.05) is 40.6 Å². The fourth-order valence-electron chi connectivity index (χ4n) is 5.30. The van der Waals surface area contributed by atoms with Crippen molar-refractivity contribution in [2.45, 2.75) is 57.3 Å². The third-order valence-corrected chi connectivity index (χ3v) is 7.94. The van der Waals surface area contributed by atoms with Gasteiger partial charge < -0.3 is 14.9 Å². The Labute approximate surface area is 217 Å². The van der Waals surface area contributed by atoms with Gasteiger partial charge in [0.05, 0.1) is 17.5 Å². The number of aromatic nitrogens is 4. The number of pyridine rings is 1. The predicted molar refractivity (Wildman–Crippen MR) is 137 cm³/mol. The van der Waals surface area contributed by atoms with E-state index in [2.05, 4.69) is 20.3 Å². The SMILES string of the molecule is CSc1cc(C)[nH]c(=O)c1CNC(=O)c1c(C)n(C(C)C2CCN(CC(F)(F)F)CC2)c2ncncc12. The molecule has 0 spiro atoms. The van der Waals surface area contributed by atoms with Crippen LogP contribution in [0.5, 0.6) is 0 Å². The van der Waals surface area contributed by atoms with Gasteiger partial charge in [0.25, 0.3) is 11.5 Å². The van der Waals surface area contributed by atoms with E-state index in [0.29, 0.717) is 53.8 Å². The highest BCUT2D eigenvalue weighted by Gasteiger charge is 2.35. The molecule has 4 rings (SSSR count). The molecule has 0 saturated carbocycles. The Morgan fingerprint density at radius 1 is 1.30 bits per heavy atom. The molecule has 0 bridgehead atoms. The first-order chi connectivity index (χ1) is 17.5. The highest BCUT2D eigenvalue weighted by Crippen LogP contribution is 2.35. The van der Waals surface area contributed by atoms with Crippen LogP contribution in [-0.2, 0) is 6.54 Å². The second-order valence-corrected chi connectivity index (χ2v) is 10.4. The van der Waals surface area contributed by atoms with E-state index in [1.807, 2.05) is 37.7 Å². The summed E-state index contributed by atoms with van der Waals surface area (Å²) in [5.41, 5.74) is 2.76. The zero-order chi connectivity index (χ0) is 26.9. The molecule has 8 nitrogen and oxygen atoms in total. The van der Waals surface area contributed by atoms with Gasteiger partial charge >= 0.3 is 6.18 Å². The Bertz CT molecular complexity index is 1340. The number of aromatic amines is 1. The Hall–Kier alpha value is -2.86. The molecule has 1 unspecified atom stereocenters. The van der Waals surface area contributed by atoms with Crippen LogP contribution >= 0.6 is 11.8 Å². The topological polar surface area (TPSA) is 95.9 Å². The summed E-state index contributed by atoms with van der Waals surface area (Å²) >= 11 is 1.44. The minimum atomic E-state index is -4.20. The normalized spacial score (nSPS) is 16.3. The van der Waals surface area contributed by atoms with E-state index in [0.717, 1.165) is 10.6 Å². The van der Waals surface area contributed by atoms with E-state index in [4.69, 9.17) is 0 Å². The minimum absolute atomic E-state index is 0.0671. The summed E-state index contributed by atoms with van der Waals surface area (Å²) in [7, 11) is 0. The second kappa shape index (κ2) is 10.9. The monoisotopic (exact) mass is 536 g/mol. The maximum atomic E-state index is 13.4. The van der Waals surface area contributed by atoms with Crippen molar-refractivity contribution in [1.82, 2.24) is 29.7 Å². The highest BCUT2D eigenvalue weighted by molar-refractivity contribution is 7.98. The molecular weight excluding hydrogens is 505 g/mol. The standard InChI is InChI=1S/C25H31F3N6O2S/c1-14-9-20(37-4)18(23(35)32-14)11-30-24(36)21-16(3)34(22-19(21)10-29-13-31-22)15(2)17-5-7-33(8-6-17)12-25(26,27)28/h9-10,13,15,17H,5-8,11-12H2,1-4H3,(H,30,36)(H,32,35). The average molecular weight is 537 g/mol. The van der Waals surface area contributed by atoms with Crippen molar-refractivity contribution >= 4 is 28.7 Å². The smallest absolute Gasteiger partial charge is 0.348 e. The predicted octanol–water partition coefficient (Wildman–Crippen LogP) is 4.22. The number of alkyl halides is 3. The van der Waals surface area contributed by atoms with Gasteiger partial charge in [-0.15, -0.1) is 11.8 Å². The lowest BCUT2D eigenvalue weighted by molar-refractivity contribution is -0.149. The van der Waals surface area contributed by atoms with Crippen molar-refractivity contribution in [1.29, 1.82) is 0 Å². The fraction of sp³-hybridized carbons (Fsp3) is 0.520. The summed E-state index contributed by atoms with van der Waals surface area (Å²) in [5, 5.41) is 3.49. The summed E-state index contributed by atoms with van der Waals surface area (Å²) in [6, 6.07) is 1.80. The van der Waals surface area contributed by atoms with Gasteiger partial charge in [-0.2, -0.15) is 13.2 Å². The molecule has 1 fully saturated rings. The fourth-order valence-corrected chi connectivity index (χ4v) is 6.01. The van der Waals surface area contributed by atoms with E-state index < -0.39 is 12.7 Å². The number of hydrogen-bond donors (Lipinski definition) is 2. The lowest BCUT2D eigenvalue weighted by Gasteiger charge is -2.36. The molecule has 3 aromatic rings. The number of carbonyl (C=O) groups is 1. The van der Waals surface area contributed by atoms with Crippen LogP contribution in [0.25, 0.3) is 11.0 Å². The second-order valence-electron chi connectivity index (χ2n) is 9.57. The molecule has 1 atom stereocenters. The Balaban J connectivity index is 1.58. The van der Waals surface area contributed by atoms with Crippen molar-refractivity contribution in [3.8, 4) is 0 Å². The molecule has 200 valence electrons. The van der Waals surface area contributed by atoms with Gasteiger partial charge in [-0.25, -0.2) is 9.97 Å². The van der Waals surface area contributed by atoms with Crippen molar-refractivity contribution in [2.75, 3.05) is 25.9 Å². The zero-order valence-corrected chi connectivity index (χ0v) is 22.1. The summed E-state index contributed by atoms with van der Waals surface area (Å²) in [5.74, 6) is -0.199. The summed E-state index contributed by atoms with van der Waals surface area (Å²) in [6.45, 7) is 5.60. The van der Waals surface area contributed by atoms with E-state index in [9.17, 15) is 22.8 Å². The quantitative estimate of drug-likeness (QED) is 0.439. The number of likely N-dealkylation sites (tertiary alicyclic amines) is 1. The zero-order valence-electron chi connectivity index (χ0n) is 21.3. The van der Waals surface area contributed by atoms with Crippen LogP contribution in [0.4, 0.5) is 13.2 Å². The molecule has 1 aliphatic rings. The third-order valence-electron chi connectivity index (χ3n) is 7.14. The largest absolute Gasteiger partial charge is 0.401 e. The number of amides is 1. The van der Waals surface area contributed by atoms with Gasteiger partial charge in [-0.3, -0.25) is 14.5 Å². The molecule has 4 heterocycles. The van der Waals surface area contributed by atoms with Gasteiger partial charge in [0.2, 0.25) is 0 Å². The van der Waals surface area contributed by atoms with Crippen LogP contribution in [0.2, 0.25) is 0 Å². The van der Waals surface area contributed by atoms with Crippen molar-refractivity contribution < 1.29 is 18.0 Å². The highest BCUT2D eigenvalue weighted by atomic mass is 32.2. The molecule has 0 aromatic carbocycles. The van der Waals surface area contributed by atoms with Gasteiger partial charge in [0.15, 0.2) is 0 Å². The van der Waals surface area contributed by atoms with Crippen LogP contribution in [0.15, 0.2) is 28.3 Å². The van der Waals surface area contributed by atoms with Crippen LogP contribution in [0.1, 0.15) is 53.1 Å². The molecule has 1 saturated heterocycles. The number of rotatable bonds is 7. The number of hydrogen-bond acceptors (Lipinski definition) is 6. The molecular formula is C25H31F3N6O2S. The lowest BCUT2D eigenvalue weighted by Crippen LogP contribution is -2.41. The third kappa shape index (κ3) is 5.85. The van der Waals surface area contributed by atoms with Crippen molar-refractivity contribution in [3.63, 3.8) is 0 Å². The lowest BCUT2D eigenvalue weighted by atomic mass is 9.90. The number of fused-ring (bicyclic) bond motifs is 1. The molecule has 0 radical (unpaired) electrons. The number of nitrogens with one attached hydrogen (secondary N) is 2. The van der Waals surface area contributed by atoms with E-state index in [1.54, 1.807) is 6.20 Å². The summed E-state index contributed by atoms with van der Waals surface area (Å²) in [6.07, 6.45) is 1.95. The minimum Gasteiger partial charge on any atom is -0.348 e. The first-order valence-electron chi connectivity index (χ1n) is 12.1. The molecule has 1 amide bonds. The van der Waals surface area contributed by atoms with Gasteiger partial charge in [0.1, 0.15) is 12.0 Å². The summed E-state index contributed by atoms with van der Waals surface area (Å²) < 4.78 is 40.4. The maximum absolute atomic E-state index is 13.4. The molecule has 3 aromatic heterocycles. The van der Waals surface area contributed by atoms with Crippen LogP contribution in [0.3, 0.4) is 0 Å². The number of H-pyrrole nitrogens is 1. The Morgan fingerprint density at radius 2 is 2.00 bits per heavy atom. The summed E-state index contributed by atoms with van der Waals surface area (Å²) in [4.78, 5) is 39.5. The van der Waals surface area contributed by atoms with E-state index in [1.165, 1.54) is 23.0 Å². The van der Waals surface area contributed by atoms with Crippen LogP contribution in [0, 0.1) is 19.8 Å². The number of piperidine rings is 1. The number of halogens is 3. The maximum Gasteiger partial charge on any atom is 0.401 e. The Morgan fingerprint density at radius 3 is 2.65 bits per heavy atom. The first kappa shape index (κ1) is 27.2. The van der Waals surface area contributed by atoms with Crippen LogP contribution in [-0.4, -0.2) is 62.4 Å². The van der Waals surface area contributed by atoms with E-state index >= 15 is 0 Å². The first-order valence-corrected chi connectivity index (χ1v) is 13.4. The molecule has 1 aliphatic heterocycles. The van der Waals surface area contributed by atoms with E-state index in [-0.39, 0.29) is 30.0 Å². The van der Waals surface area contributed by atoms with Crippen molar-refractivity contribution in [3.05, 3.63) is 51.5 Å². The molecule has 0 aliphatic carbocycles. The van der Waals surface area contributed by atoms with Crippen LogP contribution < -0.4 is 10.9 Å². The number of carbonyl (C=O) groups excluding carboxylic acids is 1. The average Bonchev–Trinajstić information content (AvgIpc) is 3.13. The Kier molecular flexibility index (Phi) is 7.98. The van der Waals surface area contributed by atoms with Crippen molar-refractivity contribution in [2.24, 2.45) is 5.92 Å². The molecule has 37 heavy (non-hydrogen) atoms. The molecule has 2 N–H and O–H groups in total. The number of aryl methyl sites for hydroxylation is 1. The van der Waals surface area contributed by atoms with Gasteiger partial charge in [-0.05, 0) is 64.9 Å². The molecule has 12 heteroatoms. The number of thioether (sulfide) groups is 1. The number of nitrogens with zero attached hydrogens (tertiary/aromatic N) is 4. The van der Waals surface area contributed by atoms with Gasteiger partial charge in [-0.1, -0.05) is 0 Å².